The van der Waals surface area contributed by atoms with Crippen molar-refractivity contribution in [3.63, 3.8) is 0 Å². The molecule has 1 aromatic rings. The van der Waals surface area contributed by atoms with E-state index < -0.39 is 0 Å². The van der Waals surface area contributed by atoms with Gasteiger partial charge in [0.2, 0.25) is 6.08 Å². The van der Waals surface area contributed by atoms with Crippen molar-refractivity contribution in [2.45, 2.75) is 0 Å². The predicted molar refractivity (Wildman–Crippen MR) is 45.4 cm³/mol. The fourth-order valence-electron chi connectivity index (χ4n) is 0.776. The molecule has 0 aliphatic carbocycles. The predicted octanol–water partition coefficient (Wildman–Crippen LogP) is 1.17. The third-order valence-electron chi connectivity index (χ3n) is 1.38. The van der Waals surface area contributed by atoms with Crippen LogP contribution in [0.2, 0.25) is 0 Å². The van der Waals surface area contributed by atoms with Crippen molar-refractivity contribution >= 4 is 12.4 Å². The van der Waals surface area contributed by atoms with Gasteiger partial charge in [0.1, 0.15) is 12.0 Å². The smallest absolute Gasteiger partial charge is 0.238 e. The summed E-state index contributed by atoms with van der Waals surface area (Å²) in [6.07, 6.45) is 2.10. The number of ether oxygens (including phenoxy) is 1. The van der Waals surface area contributed by atoms with Gasteiger partial charge in [-0.1, -0.05) is 0 Å². The van der Waals surface area contributed by atoms with Crippen molar-refractivity contribution in [1.82, 2.24) is 0 Å². The van der Waals surface area contributed by atoms with Crippen LogP contribution in [0.25, 0.3) is 0 Å². The molecule has 0 aliphatic rings. The van der Waals surface area contributed by atoms with Crippen LogP contribution in [0.1, 0.15) is 10.4 Å². The Bertz CT molecular complexity index is 325. The van der Waals surface area contributed by atoms with Gasteiger partial charge < -0.3 is 4.74 Å². The van der Waals surface area contributed by atoms with Gasteiger partial charge in [-0.05, 0) is 24.3 Å². The zero-order valence-corrected chi connectivity index (χ0v) is 6.77. The molecule has 0 bridgehead atoms. The average Bonchev–Trinajstić information content (AvgIpc) is 2.19. The van der Waals surface area contributed by atoms with Crippen LogP contribution in [0.4, 0.5) is 0 Å². The molecule has 0 N–H and O–H groups in total. The standard InChI is InChI=1S/C9H7NO3/c11-5-8-1-3-9(4-2-8)13-7-10-6-12/h1-5H,7H2. The van der Waals surface area contributed by atoms with Crippen molar-refractivity contribution in [2.75, 3.05) is 6.73 Å². The topological polar surface area (TPSA) is 55.7 Å². The van der Waals surface area contributed by atoms with Gasteiger partial charge >= 0.3 is 0 Å². The number of aldehydes is 1. The Morgan fingerprint density at radius 2 is 2.08 bits per heavy atom. The van der Waals surface area contributed by atoms with Crippen LogP contribution in [0.5, 0.6) is 5.75 Å². The van der Waals surface area contributed by atoms with Gasteiger partial charge in [0.15, 0.2) is 6.73 Å². The second kappa shape index (κ2) is 4.85. The van der Waals surface area contributed by atoms with E-state index in [9.17, 15) is 9.59 Å². The summed E-state index contributed by atoms with van der Waals surface area (Å²) in [5.74, 6) is 0.560. The fraction of sp³-hybridized carbons (Fsp3) is 0.111. The summed E-state index contributed by atoms with van der Waals surface area (Å²) in [6.45, 7) is -0.0517. The van der Waals surface area contributed by atoms with Crippen LogP contribution in [0.15, 0.2) is 29.3 Å². The van der Waals surface area contributed by atoms with E-state index in [1.807, 2.05) is 0 Å². The lowest BCUT2D eigenvalue weighted by Crippen LogP contribution is -1.93. The molecule has 0 aliphatic heterocycles. The van der Waals surface area contributed by atoms with Crippen molar-refractivity contribution in [3.05, 3.63) is 29.8 Å². The first-order valence-corrected chi connectivity index (χ1v) is 3.58. The van der Waals surface area contributed by atoms with Gasteiger partial charge in [-0.3, -0.25) is 4.79 Å². The Labute approximate surface area is 74.9 Å². The molecule has 0 unspecified atom stereocenters. The van der Waals surface area contributed by atoms with Crippen LogP contribution in [0.3, 0.4) is 0 Å². The molecule has 4 nitrogen and oxygen atoms in total. The fourth-order valence-corrected chi connectivity index (χ4v) is 0.776. The zero-order valence-electron chi connectivity index (χ0n) is 6.77. The van der Waals surface area contributed by atoms with Crippen LogP contribution in [0, 0.1) is 0 Å². The molecule has 0 amide bonds. The van der Waals surface area contributed by atoms with Gasteiger partial charge in [0.05, 0.1) is 0 Å². The minimum atomic E-state index is -0.0517. The molecule has 0 saturated heterocycles. The van der Waals surface area contributed by atoms with Crippen LogP contribution < -0.4 is 4.74 Å². The lowest BCUT2D eigenvalue weighted by molar-refractivity contribution is 0.112. The number of carbonyl (C=O) groups is 1. The summed E-state index contributed by atoms with van der Waals surface area (Å²) < 4.78 is 5.00. The monoisotopic (exact) mass is 177 g/mol. The number of aliphatic imine (C=N–C) groups is 1. The first-order valence-electron chi connectivity index (χ1n) is 3.58. The van der Waals surface area contributed by atoms with Crippen LogP contribution >= 0.6 is 0 Å². The summed E-state index contributed by atoms with van der Waals surface area (Å²) in [4.78, 5) is 23.2. The molecule has 0 fully saturated rings. The highest BCUT2D eigenvalue weighted by molar-refractivity contribution is 5.74. The Morgan fingerprint density at radius 1 is 1.38 bits per heavy atom. The van der Waals surface area contributed by atoms with Gasteiger partial charge in [-0.2, -0.15) is 4.99 Å². The molecular formula is C9H7NO3. The Balaban J connectivity index is 2.58. The summed E-state index contributed by atoms with van der Waals surface area (Å²) in [6, 6.07) is 6.49. The number of nitrogens with zero attached hydrogens (tertiary/aromatic N) is 1. The van der Waals surface area contributed by atoms with Crippen molar-refractivity contribution in [2.24, 2.45) is 4.99 Å². The Morgan fingerprint density at radius 3 is 2.62 bits per heavy atom. The molecule has 1 rings (SSSR count). The molecule has 0 radical (unpaired) electrons. The molecule has 0 saturated carbocycles. The number of rotatable bonds is 4. The largest absolute Gasteiger partial charge is 0.471 e. The maximum absolute atomic E-state index is 10.3. The maximum Gasteiger partial charge on any atom is 0.238 e. The molecular weight excluding hydrogens is 170 g/mol. The first kappa shape index (κ1) is 9.16. The lowest BCUT2D eigenvalue weighted by Gasteiger charge is -2.00. The van der Waals surface area contributed by atoms with Crippen molar-refractivity contribution in [3.8, 4) is 5.75 Å². The minimum absolute atomic E-state index is 0.0517. The normalized spacial score (nSPS) is 8.62. The van der Waals surface area contributed by atoms with Gasteiger partial charge in [0, 0.05) is 5.56 Å². The summed E-state index contributed by atoms with van der Waals surface area (Å²) in [5.41, 5.74) is 0.575. The van der Waals surface area contributed by atoms with Crippen LogP contribution in [-0.2, 0) is 4.79 Å². The first-order chi connectivity index (χ1) is 6.36. The van der Waals surface area contributed by atoms with E-state index >= 15 is 0 Å². The highest BCUT2D eigenvalue weighted by Crippen LogP contribution is 2.10. The second-order valence-electron chi connectivity index (χ2n) is 2.21. The van der Waals surface area contributed by atoms with E-state index in [1.54, 1.807) is 24.3 Å². The van der Waals surface area contributed by atoms with Gasteiger partial charge in [-0.25, -0.2) is 4.79 Å². The van der Waals surface area contributed by atoms with E-state index in [4.69, 9.17) is 4.74 Å². The van der Waals surface area contributed by atoms with E-state index in [0.717, 1.165) is 6.29 Å². The summed E-state index contributed by atoms with van der Waals surface area (Å²) in [5, 5.41) is 0. The molecule has 0 spiro atoms. The molecule has 13 heavy (non-hydrogen) atoms. The van der Waals surface area contributed by atoms with Crippen molar-refractivity contribution < 1.29 is 14.3 Å². The molecule has 0 aromatic heterocycles. The Hall–Kier alpha value is -1.93. The molecule has 4 heteroatoms. The number of isocyanates is 1. The van der Waals surface area contributed by atoms with Gasteiger partial charge in [0.25, 0.3) is 0 Å². The van der Waals surface area contributed by atoms with E-state index in [0.29, 0.717) is 11.3 Å². The third-order valence-corrected chi connectivity index (χ3v) is 1.38. The minimum Gasteiger partial charge on any atom is -0.471 e. The molecule has 0 heterocycles. The number of hydrogen-bond acceptors (Lipinski definition) is 4. The SMILES string of the molecule is O=C=NCOc1ccc(C=O)cc1. The molecule has 66 valence electrons. The highest BCUT2D eigenvalue weighted by Gasteiger charge is 1.92. The summed E-state index contributed by atoms with van der Waals surface area (Å²) >= 11 is 0. The van der Waals surface area contributed by atoms with Crippen LogP contribution in [-0.4, -0.2) is 19.1 Å². The molecule has 0 atom stereocenters. The van der Waals surface area contributed by atoms with E-state index in [2.05, 4.69) is 4.99 Å². The summed E-state index contributed by atoms with van der Waals surface area (Å²) in [7, 11) is 0. The molecule has 1 aromatic carbocycles. The zero-order chi connectivity index (χ0) is 9.52. The number of benzene rings is 1. The number of hydrogen-bond donors (Lipinski definition) is 0. The van der Waals surface area contributed by atoms with Crippen molar-refractivity contribution in [1.29, 1.82) is 0 Å². The maximum atomic E-state index is 10.3. The quantitative estimate of drug-likeness (QED) is 0.394. The highest BCUT2D eigenvalue weighted by atomic mass is 16.5. The number of carbonyl (C=O) groups excluding carboxylic acids is 2. The average molecular weight is 177 g/mol. The van der Waals surface area contributed by atoms with E-state index in [-0.39, 0.29) is 6.73 Å². The lowest BCUT2D eigenvalue weighted by atomic mass is 10.2. The third kappa shape index (κ3) is 2.89. The van der Waals surface area contributed by atoms with Gasteiger partial charge in [-0.15, -0.1) is 0 Å². The Kier molecular flexibility index (Phi) is 3.42. The van der Waals surface area contributed by atoms with E-state index in [1.165, 1.54) is 6.08 Å². The second-order valence-corrected chi connectivity index (χ2v) is 2.21.